The summed E-state index contributed by atoms with van der Waals surface area (Å²) < 4.78 is 5.10. The van der Waals surface area contributed by atoms with Gasteiger partial charge in [-0.2, -0.15) is 0 Å². The van der Waals surface area contributed by atoms with Crippen LogP contribution in [0.25, 0.3) is 0 Å². The maximum Gasteiger partial charge on any atom is 0.316 e. The van der Waals surface area contributed by atoms with Crippen LogP contribution in [-0.2, 0) is 27.2 Å². The summed E-state index contributed by atoms with van der Waals surface area (Å²) in [5.41, 5.74) is 3.72. The highest BCUT2D eigenvalue weighted by Crippen LogP contribution is 2.27. The van der Waals surface area contributed by atoms with Crippen molar-refractivity contribution in [1.82, 2.24) is 4.90 Å². The van der Waals surface area contributed by atoms with E-state index in [1.807, 2.05) is 13.8 Å². The van der Waals surface area contributed by atoms with Gasteiger partial charge in [0.1, 0.15) is 0 Å². The van der Waals surface area contributed by atoms with E-state index in [-0.39, 0.29) is 24.2 Å². The zero-order valence-corrected chi connectivity index (χ0v) is 15.3. The lowest BCUT2D eigenvalue weighted by Crippen LogP contribution is -2.35. The smallest absolute Gasteiger partial charge is 0.316 e. The largest absolute Gasteiger partial charge is 0.455 e. The average molecular weight is 347 g/mol. The second-order valence-electron chi connectivity index (χ2n) is 6.10. The van der Waals surface area contributed by atoms with Crippen molar-refractivity contribution in [3.05, 3.63) is 41.5 Å². The van der Waals surface area contributed by atoms with Crippen LogP contribution in [0.2, 0.25) is 0 Å². The van der Waals surface area contributed by atoms with Crippen molar-refractivity contribution in [1.29, 1.82) is 0 Å². The molecule has 0 unspecified atom stereocenters. The summed E-state index contributed by atoms with van der Waals surface area (Å²) in [6, 6.07) is 6.37. The fourth-order valence-corrected chi connectivity index (χ4v) is 3.52. The number of amides is 1. The number of hydrogen-bond acceptors (Lipinski definition) is 4. The van der Waals surface area contributed by atoms with Crippen LogP contribution < -0.4 is 0 Å². The fraction of sp³-hybridized carbons (Fsp3) is 0.474. The van der Waals surface area contributed by atoms with Gasteiger partial charge in [0.2, 0.25) is 0 Å². The second kappa shape index (κ2) is 8.92. The summed E-state index contributed by atoms with van der Waals surface area (Å²) >= 11 is 1.46. The molecule has 1 aromatic rings. The first-order chi connectivity index (χ1) is 11.5. The molecular formula is C19H25NO3S. The van der Waals surface area contributed by atoms with Crippen LogP contribution in [0.15, 0.2) is 35.2 Å². The number of hydrogen-bond donors (Lipinski definition) is 0. The van der Waals surface area contributed by atoms with Gasteiger partial charge >= 0.3 is 5.97 Å². The minimum Gasteiger partial charge on any atom is -0.455 e. The van der Waals surface area contributed by atoms with Gasteiger partial charge in [-0.25, -0.2) is 0 Å². The Morgan fingerprint density at radius 3 is 2.75 bits per heavy atom. The topological polar surface area (TPSA) is 46.6 Å². The monoisotopic (exact) mass is 347 g/mol. The predicted octanol–water partition coefficient (Wildman–Crippen LogP) is 3.24. The van der Waals surface area contributed by atoms with E-state index in [4.69, 9.17) is 4.74 Å². The molecule has 0 bridgehead atoms. The number of ether oxygens (including phenoxy) is 1. The van der Waals surface area contributed by atoms with Crippen molar-refractivity contribution in [3.8, 4) is 0 Å². The Bertz CT molecular complexity index is 627. The number of likely N-dealkylation sites (N-methyl/N-ethyl adjacent to an activating group) is 1. The number of carbonyl (C=O) groups excluding carboxylic acids is 2. The van der Waals surface area contributed by atoms with E-state index in [0.29, 0.717) is 13.1 Å². The minimum atomic E-state index is -0.361. The average Bonchev–Trinajstić information content (AvgIpc) is 3.03. The summed E-state index contributed by atoms with van der Waals surface area (Å²) in [7, 11) is 0. The van der Waals surface area contributed by atoms with E-state index in [9.17, 15) is 9.59 Å². The molecule has 0 fully saturated rings. The van der Waals surface area contributed by atoms with Crippen molar-refractivity contribution in [2.45, 2.75) is 38.0 Å². The number of aryl methyl sites for hydroxylation is 2. The van der Waals surface area contributed by atoms with E-state index in [0.717, 1.165) is 23.3 Å². The van der Waals surface area contributed by atoms with Crippen LogP contribution in [-0.4, -0.2) is 42.2 Å². The molecule has 1 aliphatic rings. The number of esters is 1. The maximum absolute atomic E-state index is 12.0. The minimum absolute atomic E-state index is 0.184. The van der Waals surface area contributed by atoms with Gasteiger partial charge in [0.15, 0.2) is 6.61 Å². The lowest BCUT2D eigenvalue weighted by molar-refractivity contribution is -0.149. The molecular weight excluding hydrogens is 322 g/mol. The van der Waals surface area contributed by atoms with Crippen LogP contribution in [0.3, 0.4) is 0 Å². The van der Waals surface area contributed by atoms with Crippen LogP contribution >= 0.6 is 11.8 Å². The molecule has 1 aliphatic carbocycles. The fourth-order valence-electron chi connectivity index (χ4n) is 2.76. The number of benzene rings is 1. The predicted molar refractivity (Wildman–Crippen MR) is 97.2 cm³/mol. The SMILES string of the molecule is C=C(C)CN(CC)C(=O)COC(=O)CSc1ccc2c(c1)CCC2. The first-order valence-electron chi connectivity index (χ1n) is 8.32. The van der Waals surface area contributed by atoms with Crippen molar-refractivity contribution in [2.24, 2.45) is 0 Å². The summed E-state index contributed by atoms with van der Waals surface area (Å²) in [5, 5.41) is 0. The lowest BCUT2D eigenvalue weighted by Gasteiger charge is -2.20. The van der Waals surface area contributed by atoms with Gasteiger partial charge in [0, 0.05) is 18.0 Å². The highest BCUT2D eigenvalue weighted by molar-refractivity contribution is 8.00. The molecule has 0 aromatic heterocycles. The molecule has 1 aromatic carbocycles. The van der Waals surface area contributed by atoms with Gasteiger partial charge in [-0.3, -0.25) is 9.59 Å². The molecule has 0 radical (unpaired) electrons. The van der Waals surface area contributed by atoms with Gasteiger partial charge < -0.3 is 9.64 Å². The molecule has 1 amide bonds. The molecule has 4 nitrogen and oxygen atoms in total. The van der Waals surface area contributed by atoms with Crippen LogP contribution in [0.4, 0.5) is 0 Å². The van der Waals surface area contributed by atoms with Gasteiger partial charge in [-0.1, -0.05) is 18.2 Å². The van der Waals surface area contributed by atoms with E-state index in [1.165, 1.54) is 29.3 Å². The number of nitrogens with zero attached hydrogens (tertiary/aromatic N) is 1. The number of thioether (sulfide) groups is 1. The summed E-state index contributed by atoms with van der Waals surface area (Å²) in [5.74, 6) is -0.324. The van der Waals surface area contributed by atoms with Crippen LogP contribution in [0, 0.1) is 0 Å². The standard InChI is InChI=1S/C19H25NO3S/c1-4-20(11-14(2)3)18(21)12-23-19(22)13-24-17-9-8-15-6-5-7-16(15)10-17/h8-10H,2,4-7,11-13H2,1,3H3. The Hall–Kier alpha value is -1.75. The summed E-state index contributed by atoms with van der Waals surface area (Å²) in [6.07, 6.45) is 3.49. The van der Waals surface area contributed by atoms with Gasteiger partial charge in [0.25, 0.3) is 5.91 Å². The van der Waals surface area contributed by atoms with Crippen molar-refractivity contribution < 1.29 is 14.3 Å². The first kappa shape index (κ1) is 18.6. The molecule has 2 rings (SSSR count). The Morgan fingerprint density at radius 2 is 2.04 bits per heavy atom. The molecule has 5 heteroatoms. The van der Waals surface area contributed by atoms with E-state index in [2.05, 4.69) is 24.8 Å². The van der Waals surface area contributed by atoms with Gasteiger partial charge in [-0.05, 0) is 56.4 Å². The summed E-state index contributed by atoms with van der Waals surface area (Å²) in [6.45, 7) is 8.44. The van der Waals surface area contributed by atoms with Crippen molar-refractivity contribution in [3.63, 3.8) is 0 Å². The van der Waals surface area contributed by atoms with Crippen molar-refractivity contribution in [2.75, 3.05) is 25.4 Å². The molecule has 0 N–H and O–H groups in total. The van der Waals surface area contributed by atoms with Crippen LogP contribution in [0.1, 0.15) is 31.4 Å². The van der Waals surface area contributed by atoms with Gasteiger partial charge in [0.05, 0.1) is 5.75 Å². The summed E-state index contributed by atoms with van der Waals surface area (Å²) in [4.78, 5) is 26.6. The zero-order chi connectivity index (χ0) is 17.5. The molecule has 0 spiro atoms. The van der Waals surface area contributed by atoms with E-state index < -0.39 is 0 Å². The molecule has 0 atom stereocenters. The molecule has 130 valence electrons. The molecule has 0 saturated heterocycles. The number of fused-ring (bicyclic) bond motifs is 1. The van der Waals surface area contributed by atoms with E-state index >= 15 is 0 Å². The molecule has 24 heavy (non-hydrogen) atoms. The Morgan fingerprint density at radius 1 is 1.29 bits per heavy atom. The molecule has 0 heterocycles. The first-order valence-corrected chi connectivity index (χ1v) is 9.30. The zero-order valence-electron chi connectivity index (χ0n) is 14.5. The van der Waals surface area contributed by atoms with Crippen LogP contribution in [0.5, 0.6) is 0 Å². The Balaban J connectivity index is 1.75. The van der Waals surface area contributed by atoms with Crippen molar-refractivity contribution >= 4 is 23.6 Å². The third-order valence-corrected chi connectivity index (χ3v) is 4.95. The molecule has 0 saturated carbocycles. The quantitative estimate of drug-likeness (QED) is 0.411. The normalized spacial score (nSPS) is 12.6. The number of carbonyl (C=O) groups is 2. The van der Waals surface area contributed by atoms with E-state index in [1.54, 1.807) is 4.90 Å². The third kappa shape index (κ3) is 5.41. The van der Waals surface area contributed by atoms with Gasteiger partial charge in [-0.15, -0.1) is 11.8 Å². The molecule has 0 aliphatic heterocycles. The highest BCUT2D eigenvalue weighted by atomic mass is 32.2. The maximum atomic E-state index is 12.0. The highest BCUT2D eigenvalue weighted by Gasteiger charge is 2.15. The third-order valence-electron chi connectivity index (χ3n) is 3.98. The Labute approximate surface area is 148 Å². The second-order valence-corrected chi connectivity index (χ2v) is 7.15. The number of rotatable bonds is 8. The lowest BCUT2D eigenvalue weighted by atomic mass is 10.1. The Kier molecular flexibility index (Phi) is 6.91.